The van der Waals surface area contributed by atoms with Gasteiger partial charge >= 0.3 is 0 Å². The molecule has 1 aromatic rings. The number of rotatable bonds is 4. The lowest BCUT2D eigenvalue weighted by atomic mass is 9.91. The number of phenolic OH excluding ortho intramolecular Hbond substituents is 2. The first-order chi connectivity index (χ1) is 7.45. The van der Waals surface area contributed by atoms with Crippen LogP contribution in [0, 0.1) is 12.8 Å². The largest absolute Gasteiger partial charge is 0.504 e. The van der Waals surface area contributed by atoms with Crippen LogP contribution in [0.2, 0.25) is 0 Å². The second-order valence-corrected chi connectivity index (χ2v) is 4.19. The van der Waals surface area contributed by atoms with Crippen LogP contribution in [0.15, 0.2) is 12.1 Å². The molecule has 0 radical (unpaired) electrons. The summed E-state index contributed by atoms with van der Waals surface area (Å²) in [4.78, 5) is 11.3. The molecular formula is C13H18O3. The summed E-state index contributed by atoms with van der Waals surface area (Å²) in [5, 5.41) is 18.7. The number of hydrogen-bond donors (Lipinski definition) is 2. The molecule has 0 spiro atoms. The Balaban J connectivity index is 2.96. The lowest BCUT2D eigenvalue weighted by molar-refractivity contribution is -0.120. The van der Waals surface area contributed by atoms with Gasteiger partial charge in [-0.15, -0.1) is 0 Å². The molecule has 0 heterocycles. The Kier molecular flexibility index (Phi) is 3.93. The van der Waals surface area contributed by atoms with Gasteiger partial charge < -0.3 is 10.2 Å². The smallest absolute Gasteiger partial charge is 0.157 e. The van der Waals surface area contributed by atoms with Crippen molar-refractivity contribution in [2.24, 2.45) is 5.92 Å². The molecule has 1 atom stereocenters. The second kappa shape index (κ2) is 5.01. The van der Waals surface area contributed by atoms with Crippen molar-refractivity contribution in [2.45, 2.75) is 33.6 Å². The molecule has 0 saturated carbocycles. The number of aryl methyl sites for hydroxylation is 1. The van der Waals surface area contributed by atoms with Crippen molar-refractivity contribution < 1.29 is 15.0 Å². The third-order valence-corrected chi connectivity index (χ3v) is 2.97. The molecule has 16 heavy (non-hydrogen) atoms. The fourth-order valence-electron chi connectivity index (χ4n) is 1.79. The Bertz CT molecular complexity index is 396. The van der Waals surface area contributed by atoms with Crippen molar-refractivity contribution in [3.63, 3.8) is 0 Å². The summed E-state index contributed by atoms with van der Waals surface area (Å²) >= 11 is 0. The van der Waals surface area contributed by atoms with Gasteiger partial charge in [-0.2, -0.15) is 0 Å². The third kappa shape index (κ3) is 2.75. The van der Waals surface area contributed by atoms with Crippen molar-refractivity contribution in [2.75, 3.05) is 0 Å². The first-order valence-corrected chi connectivity index (χ1v) is 5.47. The summed E-state index contributed by atoms with van der Waals surface area (Å²) in [6.07, 6.45) is 1.40. The van der Waals surface area contributed by atoms with E-state index in [1.54, 1.807) is 6.92 Å². The van der Waals surface area contributed by atoms with Crippen LogP contribution in [0.5, 0.6) is 11.5 Å². The number of Topliss-reactive ketones (excluding diaryl/α,β-unsaturated/α-hetero) is 1. The standard InChI is InChI=1S/C13H18O3/c1-4-10(9(3)14)6-11-7-13(16)12(15)5-8(11)2/h5,7,10,15-16H,4,6H2,1-3H3. The summed E-state index contributed by atoms with van der Waals surface area (Å²) in [5.41, 5.74) is 1.81. The van der Waals surface area contributed by atoms with Gasteiger partial charge in [0.1, 0.15) is 5.78 Å². The maximum Gasteiger partial charge on any atom is 0.157 e. The molecule has 0 bridgehead atoms. The molecule has 88 valence electrons. The highest BCUT2D eigenvalue weighted by atomic mass is 16.3. The number of ketones is 1. The SMILES string of the molecule is CCC(Cc1cc(O)c(O)cc1C)C(C)=O. The van der Waals surface area contributed by atoms with Gasteiger partial charge in [0, 0.05) is 5.92 Å². The molecule has 3 nitrogen and oxygen atoms in total. The normalized spacial score (nSPS) is 12.4. The Morgan fingerprint density at radius 1 is 1.31 bits per heavy atom. The van der Waals surface area contributed by atoms with E-state index in [1.165, 1.54) is 12.1 Å². The molecule has 1 aromatic carbocycles. The van der Waals surface area contributed by atoms with E-state index in [0.29, 0.717) is 6.42 Å². The molecule has 0 aliphatic rings. The van der Waals surface area contributed by atoms with Gasteiger partial charge in [0.05, 0.1) is 0 Å². The number of phenols is 2. The van der Waals surface area contributed by atoms with E-state index in [9.17, 15) is 15.0 Å². The lowest BCUT2D eigenvalue weighted by Gasteiger charge is -2.14. The van der Waals surface area contributed by atoms with Crippen molar-refractivity contribution in [3.05, 3.63) is 23.3 Å². The predicted molar refractivity (Wildman–Crippen MR) is 62.7 cm³/mol. The molecule has 1 rings (SSSR count). The minimum atomic E-state index is -0.126. The van der Waals surface area contributed by atoms with Crippen LogP contribution in [0.3, 0.4) is 0 Å². The average Bonchev–Trinajstić information content (AvgIpc) is 2.21. The first-order valence-electron chi connectivity index (χ1n) is 5.47. The molecule has 0 aliphatic carbocycles. The third-order valence-electron chi connectivity index (χ3n) is 2.97. The maximum atomic E-state index is 11.3. The maximum absolute atomic E-state index is 11.3. The predicted octanol–water partition coefficient (Wildman–Crippen LogP) is 2.56. The molecule has 0 saturated heterocycles. The molecule has 2 N–H and O–H groups in total. The first kappa shape index (κ1) is 12.6. The van der Waals surface area contributed by atoms with Crippen molar-refractivity contribution in [3.8, 4) is 11.5 Å². The molecule has 0 fully saturated rings. The van der Waals surface area contributed by atoms with Gasteiger partial charge in [0.15, 0.2) is 11.5 Å². The quantitative estimate of drug-likeness (QED) is 0.770. The van der Waals surface area contributed by atoms with E-state index >= 15 is 0 Å². The molecule has 0 amide bonds. The number of benzene rings is 1. The Labute approximate surface area is 95.7 Å². The van der Waals surface area contributed by atoms with E-state index < -0.39 is 0 Å². The van der Waals surface area contributed by atoms with Gasteiger partial charge in [-0.05, 0) is 49.9 Å². The van der Waals surface area contributed by atoms with E-state index in [2.05, 4.69) is 0 Å². The molecule has 0 aliphatic heterocycles. The van der Waals surface area contributed by atoms with Crippen LogP contribution < -0.4 is 0 Å². The number of carbonyl (C=O) groups excluding carboxylic acids is 1. The summed E-state index contributed by atoms with van der Waals surface area (Å²) in [5.74, 6) is -0.0896. The van der Waals surface area contributed by atoms with Gasteiger partial charge in [0.25, 0.3) is 0 Å². The zero-order valence-electron chi connectivity index (χ0n) is 9.95. The highest BCUT2D eigenvalue weighted by molar-refractivity contribution is 5.78. The minimum absolute atomic E-state index is 0.0114. The van der Waals surface area contributed by atoms with E-state index in [0.717, 1.165) is 17.5 Å². The monoisotopic (exact) mass is 222 g/mol. The number of aromatic hydroxyl groups is 2. The molecule has 3 heteroatoms. The van der Waals surface area contributed by atoms with Crippen LogP contribution in [0.25, 0.3) is 0 Å². The van der Waals surface area contributed by atoms with Gasteiger partial charge in [0.2, 0.25) is 0 Å². The molecule has 1 unspecified atom stereocenters. The molecule has 0 aromatic heterocycles. The van der Waals surface area contributed by atoms with Crippen LogP contribution in [-0.2, 0) is 11.2 Å². The van der Waals surface area contributed by atoms with Gasteiger partial charge in [-0.25, -0.2) is 0 Å². The molecular weight excluding hydrogens is 204 g/mol. The van der Waals surface area contributed by atoms with Gasteiger partial charge in [-0.1, -0.05) is 6.92 Å². The fraction of sp³-hybridized carbons (Fsp3) is 0.462. The number of carbonyl (C=O) groups is 1. The van der Waals surface area contributed by atoms with Crippen LogP contribution in [0.1, 0.15) is 31.4 Å². The Morgan fingerprint density at radius 2 is 1.88 bits per heavy atom. The van der Waals surface area contributed by atoms with E-state index in [4.69, 9.17) is 0 Å². The highest BCUT2D eigenvalue weighted by Crippen LogP contribution is 2.29. The summed E-state index contributed by atoms with van der Waals surface area (Å²) in [7, 11) is 0. The lowest BCUT2D eigenvalue weighted by Crippen LogP contribution is -2.13. The van der Waals surface area contributed by atoms with E-state index in [1.807, 2.05) is 13.8 Å². The summed E-state index contributed by atoms with van der Waals surface area (Å²) < 4.78 is 0. The highest BCUT2D eigenvalue weighted by Gasteiger charge is 2.15. The van der Waals surface area contributed by atoms with Crippen molar-refractivity contribution in [1.82, 2.24) is 0 Å². The van der Waals surface area contributed by atoms with Crippen molar-refractivity contribution >= 4 is 5.78 Å². The minimum Gasteiger partial charge on any atom is -0.504 e. The topological polar surface area (TPSA) is 57.5 Å². The number of hydrogen-bond acceptors (Lipinski definition) is 3. The fourth-order valence-corrected chi connectivity index (χ4v) is 1.79. The van der Waals surface area contributed by atoms with Crippen LogP contribution in [-0.4, -0.2) is 16.0 Å². The second-order valence-electron chi connectivity index (χ2n) is 4.19. The van der Waals surface area contributed by atoms with Crippen molar-refractivity contribution in [1.29, 1.82) is 0 Å². The summed E-state index contributed by atoms with van der Waals surface area (Å²) in [6.45, 7) is 5.42. The Morgan fingerprint density at radius 3 is 2.38 bits per heavy atom. The van der Waals surface area contributed by atoms with E-state index in [-0.39, 0.29) is 23.2 Å². The average molecular weight is 222 g/mol. The Hall–Kier alpha value is -1.51. The van der Waals surface area contributed by atoms with Gasteiger partial charge in [-0.3, -0.25) is 4.79 Å². The zero-order valence-corrected chi connectivity index (χ0v) is 9.95. The zero-order chi connectivity index (χ0) is 12.3. The van der Waals surface area contributed by atoms with Crippen LogP contribution in [0.4, 0.5) is 0 Å². The summed E-state index contributed by atoms with van der Waals surface area (Å²) in [6, 6.07) is 3.06. The van der Waals surface area contributed by atoms with Crippen LogP contribution >= 0.6 is 0 Å².